The Labute approximate surface area is 195 Å². The topological polar surface area (TPSA) is 89.2 Å². The van der Waals surface area contributed by atoms with E-state index in [9.17, 15) is 14.7 Å². The van der Waals surface area contributed by atoms with Gasteiger partial charge in [0.2, 0.25) is 0 Å². The molecule has 3 aromatic rings. The number of ether oxygens (including phenoxy) is 2. The third-order valence-electron chi connectivity index (χ3n) is 5.31. The molecule has 1 N–H and O–H groups in total. The molecule has 1 aliphatic heterocycles. The second kappa shape index (κ2) is 9.03. The van der Waals surface area contributed by atoms with E-state index in [0.29, 0.717) is 35.3 Å². The van der Waals surface area contributed by atoms with Crippen LogP contribution in [-0.2, 0) is 9.59 Å². The van der Waals surface area contributed by atoms with Gasteiger partial charge in [0.05, 0.1) is 24.3 Å². The van der Waals surface area contributed by atoms with Crippen molar-refractivity contribution in [1.82, 2.24) is 0 Å². The second-order valence-electron chi connectivity index (χ2n) is 7.39. The Morgan fingerprint density at radius 1 is 1.12 bits per heavy atom. The number of hydrogen-bond acceptors (Lipinski definition) is 6. The Bertz CT molecular complexity index is 1260. The van der Waals surface area contributed by atoms with Crippen LogP contribution >= 0.6 is 11.6 Å². The summed E-state index contributed by atoms with van der Waals surface area (Å²) < 4.78 is 16.6. The summed E-state index contributed by atoms with van der Waals surface area (Å²) in [6.45, 7) is 3.99. The molecule has 1 aromatic heterocycles. The van der Waals surface area contributed by atoms with E-state index >= 15 is 0 Å². The Hall–Kier alpha value is -3.71. The van der Waals surface area contributed by atoms with Crippen LogP contribution in [0.3, 0.4) is 0 Å². The second-order valence-corrected chi connectivity index (χ2v) is 7.80. The summed E-state index contributed by atoms with van der Waals surface area (Å²) in [6, 6.07) is 13.9. The van der Waals surface area contributed by atoms with Crippen LogP contribution in [0.15, 0.2) is 64.6 Å². The van der Waals surface area contributed by atoms with Gasteiger partial charge in [0, 0.05) is 17.3 Å². The minimum absolute atomic E-state index is 0.132. The van der Waals surface area contributed by atoms with Crippen molar-refractivity contribution >= 4 is 34.7 Å². The van der Waals surface area contributed by atoms with Crippen LogP contribution in [0.1, 0.15) is 30.0 Å². The molecule has 2 aromatic carbocycles. The minimum atomic E-state index is -1.00. The highest BCUT2D eigenvalue weighted by atomic mass is 35.5. The predicted octanol–water partition coefficient (Wildman–Crippen LogP) is 5.28. The lowest BCUT2D eigenvalue weighted by atomic mass is 9.99. The molecule has 1 atom stereocenters. The Kier molecular flexibility index (Phi) is 6.16. The van der Waals surface area contributed by atoms with Gasteiger partial charge in [-0.15, -0.1) is 0 Å². The lowest BCUT2D eigenvalue weighted by Crippen LogP contribution is -2.29. The lowest BCUT2D eigenvalue weighted by molar-refractivity contribution is -0.132. The highest BCUT2D eigenvalue weighted by molar-refractivity contribution is 6.52. The molecule has 170 valence electrons. The number of aryl methyl sites for hydroxylation is 1. The summed E-state index contributed by atoms with van der Waals surface area (Å²) in [5, 5.41) is 11.5. The smallest absolute Gasteiger partial charge is 0.300 e. The van der Waals surface area contributed by atoms with Crippen LogP contribution in [-0.4, -0.2) is 30.5 Å². The molecule has 0 spiro atoms. The van der Waals surface area contributed by atoms with E-state index < -0.39 is 23.5 Å². The molecule has 0 saturated carbocycles. The summed E-state index contributed by atoms with van der Waals surface area (Å²) in [4.78, 5) is 27.7. The molecule has 1 saturated heterocycles. The van der Waals surface area contributed by atoms with Crippen LogP contribution in [0.5, 0.6) is 11.5 Å². The Balaban J connectivity index is 1.94. The molecule has 0 aliphatic carbocycles. The first kappa shape index (κ1) is 22.5. The Morgan fingerprint density at radius 3 is 2.58 bits per heavy atom. The number of anilines is 1. The van der Waals surface area contributed by atoms with Crippen molar-refractivity contribution in [2.24, 2.45) is 0 Å². The molecule has 1 amide bonds. The summed E-state index contributed by atoms with van der Waals surface area (Å²) in [5.41, 5.74) is 0.468. The largest absolute Gasteiger partial charge is 0.507 e. The molecule has 0 bridgehead atoms. The van der Waals surface area contributed by atoms with Crippen molar-refractivity contribution in [3.63, 3.8) is 0 Å². The number of ketones is 1. The fraction of sp³-hybridized carbons (Fsp3) is 0.200. The van der Waals surface area contributed by atoms with Gasteiger partial charge in [-0.25, -0.2) is 0 Å². The number of furan rings is 1. The van der Waals surface area contributed by atoms with Gasteiger partial charge in [-0.1, -0.05) is 17.7 Å². The van der Waals surface area contributed by atoms with Crippen LogP contribution in [0.4, 0.5) is 5.69 Å². The molecule has 33 heavy (non-hydrogen) atoms. The SMILES string of the molecule is CCOc1ccc(Cl)c(/C(O)=C2/C(=O)C(=O)N(c3cccc(OC)c3)C2c2ccc(C)o2)c1. The summed E-state index contributed by atoms with van der Waals surface area (Å²) in [7, 11) is 1.51. The van der Waals surface area contributed by atoms with Crippen LogP contribution in [0, 0.1) is 6.92 Å². The zero-order chi connectivity index (χ0) is 23.7. The molecular formula is C25H22ClNO6. The van der Waals surface area contributed by atoms with Crippen molar-refractivity contribution in [2.75, 3.05) is 18.6 Å². The number of rotatable bonds is 6. The van der Waals surface area contributed by atoms with Crippen LogP contribution in [0.2, 0.25) is 5.02 Å². The maximum atomic E-state index is 13.2. The van der Waals surface area contributed by atoms with E-state index in [1.807, 2.05) is 6.92 Å². The number of methoxy groups -OCH3 is 1. The Morgan fingerprint density at radius 2 is 1.91 bits per heavy atom. The average Bonchev–Trinajstić information content (AvgIpc) is 3.35. The van der Waals surface area contributed by atoms with Crippen molar-refractivity contribution in [2.45, 2.75) is 19.9 Å². The third-order valence-corrected chi connectivity index (χ3v) is 5.64. The summed E-state index contributed by atoms with van der Waals surface area (Å²) >= 11 is 6.35. The predicted molar refractivity (Wildman–Crippen MR) is 124 cm³/mol. The van der Waals surface area contributed by atoms with Gasteiger partial charge in [0.1, 0.15) is 34.8 Å². The fourth-order valence-corrected chi connectivity index (χ4v) is 4.02. The number of amides is 1. The van der Waals surface area contributed by atoms with Gasteiger partial charge in [-0.3, -0.25) is 14.5 Å². The van der Waals surface area contributed by atoms with Crippen molar-refractivity contribution < 1.29 is 28.6 Å². The number of benzene rings is 2. The molecule has 1 fully saturated rings. The van der Waals surface area contributed by atoms with Crippen molar-refractivity contribution in [3.05, 3.63) is 82.3 Å². The van der Waals surface area contributed by atoms with E-state index in [0.717, 1.165) is 0 Å². The van der Waals surface area contributed by atoms with E-state index in [-0.39, 0.29) is 16.2 Å². The molecule has 7 nitrogen and oxygen atoms in total. The first-order valence-corrected chi connectivity index (χ1v) is 10.7. The molecule has 1 unspecified atom stereocenters. The molecule has 2 heterocycles. The number of carbonyl (C=O) groups excluding carboxylic acids is 2. The lowest BCUT2D eigenvalue weighted by Gasteiger charge is -2.24. The number of Topliss-reactive ketones (excluding diaryl/α,β-unsaturated/α-hetero) is 1. The van der Waals surface area contributed by atoms with Gasteiger partial charge in [0.25, 0.3) is 11.7 Å². The normalized spacial score (nSPS) is 17.5. The quantitative estimate of drug-likeness (QED) is 0.301. The van der Waals surface area contributed by atoms with Gasteiger partial charge in [-0.2, -0.15) is 0 Å². The maximum absolute atomic E-state index is 13.2. The molecule has 1 aliphatic rings. The fourth-order valence-electron chi connectivity index (χ4n) is 3.82. The van der Waals surface area contributed by atoms with Crippen molar-refractivity contribution in [3.8, 4) is 11.5 Å². The van der Waals surface area contributed by atoms with Gasteiger partial charge >= 0.3 is 0 Å². The molecular weight excluding hydrogens is 446 g/mol. The number of aliphatic hydroxyl groups excluding tert-OH is 1. The van der Waals surface area contributed by atoms with E-state index in [2.05, 4.69) is 0 Å². The first-order chi connectivity index (χ1) is 15.8. The molecule has 0 radical (unpaired) electrons. The monoisotopic (exact) mass is 467 g/mol. The summed E-state index contributed by atoms with van der Waals surface area (Å²) in [6.07, 6.45) is 0. The number of hydrogen-bond donors (Lipinski definition) is 1. The van der Waals surface area contributed by atoms with Crippen LogP contribution in [0.25, 0.3) is 5.76 Å². The zero-order valence-corrected chi connectivity index (χ0v) is 19.1. The highest BCUT2D eigenvalue weighted by Crippen LogP contribution is 2.44. The zero-order valence-electron chi connectivity index (χ0n) is 18.3. The van der Waals surface area contributed by atoms with E-state index in [4.69, 9.17) is 25.5 Å². The van der Waals surface area contributed by atoms with Crippen LogP contribution < -0.4 is 14.4 Å². The maximum Gasteiger partial charge on any atom is 0.300 e. The highest BCUT2D eigenvalue weighted by Gasteiger charge is 2.48. The van der Waals surface area contributed by atoms with Gasteiger partial charge in [-0.05, 0) is 56.3 Å². The van der Waals surface area contributed by atoms with E-state index in [1.54, 1.807) is 55.5 Å². The minimum Gasteiger partial charge on any atom is -0.507 e. The number of aliphatic hydroxyl groups is 1. The number of nitrogens with zero attached hydrogens (tertiary/aromatic N) is 1. The molecule has 4 rings (SSSR count). The van der Waals surface area contributed by atoms with Crippen molar-refractivity contribution in [1.29, 1.82) is 0 Å². The number of halogens is 1. The first-order valence-electron chi connectivity index (χ1n) is 10.3. The average molecular weight is 468 g/mol. The molecule has 8 heteroatoms. The summed E-state index contributed by atoms with van der Waals surface area (Å²) in [5.74, 6) is -0.171. The third kappa shape index (κ3) is 4.07. The standard InChI is InChI=1S/C25H22ClNO6/c1-4-32-17-9-10-19(26)18(13-17)23(28)21-22(20-11-8-14(2)33-20)27(25(30)24(21)29)15-6-5-7-16(12-15)31-3/h5-13,22,28H,4H2,1-3H3/b23-21-. The number of carbonyl (C=O) groups is 2. The van der Waals surface area contributed by atoms with Gasteiger partial charge in [0.15, 0.2) is 0 Å². The van der Waals surface area contributed by atoms with E-state index in [1.165, 1.54) is 18.1 Å². The van der Waals surface area contributed by atoms with Gasteiger partial charge < -0.3 is 19.0 Å².